The fourth-order valence-electron chi connectivity index (χ4n) is 2.97. The van der Waals surface area contributed by atoms with Gasteiger partial charge in [-0.25, -0.2) is 4.68 Å². The van der Waals surface area contributed by atoms with Crippen molar-refractivity contribution in [3.05, 3.63) is 36.0 Å². The van der Waals surface area contributed by atoms with E-state index in [0.29, 0.717) is 31.0 Å². The van der Waals surface area contributed by atoms with Crippen molar-refractivity contribution in [1.82, 2.24) is 30.5 Å². The molecule has 148 valence electrons. The van der Waals surface area contributed by atoms with Gasteiger partial charge in [-0.3, -0.25) is 9.59 Å². The smallest absolute Gasteiger partial charge is 0.289 e. The van der Waals surface area contributed by atoms with Gasteiger partial charge in [0.2, 0.25) is 5.91 Å². The SMILES string of the molecule is CC(C)NC(=O)[C@@H]1C[C@@H](n2cc(CN(C)C(=O)c3ccco3)nn2)CN1.Cl. The molecule has 0 spiro atoms. The number of hydrogen-bond donors (Lipinski definition) is 2. The topological polar surface area (TPSA) is 105 Å². The number of furan rings is 1. The van der Waals surface area contributed by atoms with E-state index in [4.69, 9.17) is 4.42 Å². The third-order valence-electron chi connectivity index (χ3n) is 4.26. The number of halogens is 1. The standard InChI is InChI=1S/C17H24N6O3.ClH/c1-11(2)19-16(24)14-7-13(8-18-14)23-10-12(20-21-23)9-22(3)17(25)15-5-4-6-26-15;/h4-6,10-11,13-14,18H,7-9H2,1-3H3,(H,19,24);1H/t13-,14+;/m1./s1. The van der Waals surface area contributed by atoms with Crippen LogP contribution in [-0.4, -0.2) is 57.4 Å². The summed E-state index contributed by atoms with van der Waals surface area (Å²) >= 11 is 0. The molecule has 3 heterocycles. The Morgan fingerprint density at radius 2 is 2.26 bits per heavy atom. The molecule has 0 saturated carbocycles. The molecule has 1 fully saturated rings. The number of nitrogens with one attached hydrogen (secondary N) is 2. The normalized spacial score (nSPS) is 19.0. The van der Waals surface area contributed by atoms with Gasteiger partial charge in [-0.2, -0.15) is 0 Å². The van der Waals surface area contributed by atoms with E-state index in [2.05, 4.69) is 20.9 Å². The van der Waals surface area contributed by atoms with Gasteiger partial charge in [-0.1, -0.05) is 5.21 Å². The first-order chi connectivity index (χ1) is 12.4. The third-order valence-corrected chi connectivity index (χ3v) is 4.26. The Morgan fingerprint density at radius 1 is 1.48 bits per heavy atom. The number of nitrogens with zero attached hydrogens (tertiary/aromatic N) is 4. The van der Waals surface area contributed by atoms with Gasteiger partial charge in [0, 0.05) is 19.6 Å². The van der Waals surface area contributed by atoms with Crippen molar-refractivity contribution in [2.75, 3.05) is 13.6 Å². The highest BCUT2D eigenvalue weighted by atomic mass is 35.5. The maximum Gasteiger partial charge on any atom is 0.289 e. The molecule has 2 aromatic rings. The minimum absolute atomic E-state index is 0. The minimum atomic E-state index is -0.224. The van der Waals surface area contributed by atoms with Gasteiger partial charge >= 0.3 is 0 Å². The molecule has 27 heavy (non-hydrogen) atoms. The lowest BCUT2D eigenvalue weighted by atomic mass is 10.1. The Bertz CT molecular complexity index is 761. The molecule has 9 nitrogen and oxygen atoms in total. The van der Waals surface area contributed by atoms with E-state index < -0.39 is 0 Å². The highest BCUT2D eigenvalue weighted by molar-refractivity contribution is 5.91. The zero-order chi connectivity index (χ0) is 18.7. The molecule has 2 amide bonds. The van der Waals surface area contributed by atoms with Crippen molar-refractivity contribution in [3.63, 3.8) is 0 Å². The summed E-state index contributed by atoms with van der Waals surface area (Å²) in [5, 5.41) is 14.4. The predicted molar refractivity (Wildman–Crippen MR) is 100 cm³/mol. The molecular formula is C17H25ClN6O3. The molecule has 10 heteroatoms. The number of aromatic nitrogens is 3. The molecule has 2 aromatic heterocycles. The van der Waals surface area contributed by atoms with Gasteiger partial charge in [0.1, 0.15) is 5.69 Å². The van der Waals surface area contributed by atoms with Gasteiger partial charge in [0.15, 0.2) is 5.76 Å². The molecule has 0 radical (unpaired) electrons. The van der Waals surface area contributed by atoms with Crippen LogP contribution in [0.25, 0.3) is 0 Å². The van der Waals surface area contributed by atoms with Crippen LogP contribution in [-0.2, 0) is 11.3 Å². The van der Waals surface area contributed by atoms with Crippen molar-refractivity contribution >= 4 is 24.2 Å². The van der Waals surface area contributed by atoms with Crippen molar-refractivity contribution in [2.24, 2.45) is 0 Å². The third kappa shape index (κ3) is 5.08. The van der Waals surface area contributed by atoms with E-state index in [1.165, 1.54) is 11.2 Å². The lowest BCUT2D eigenvalue weighted by molar-refractivity contribution is -0.123. The monoisotopic (exact) mass is 396 g/mol. The Morgan fingerprint density at radius 3 is 2.93 bits per heavy atom. The van der Waals surface area contributed by atoms with Crippen LogP contribution >= 0.6 is 12.4 Å². The summed E-state index contributed by atoms with van der Waals surface area (Å²) in [5.74, 6) is 0.0861. The number of amides is 2. The van der Waals surface area contributed by atoms with Crippen molar-refractivity contribution in [2.45, 2.75) is 44.9 Å². The maximum atomic E-state index is 12.2. The molecule has 2 atom stereocenters. The summed E-state index contributed by atoms with van der Waals surface area (Å²) in [6, 6.07) is 3.26. The second-order valence-electron chi connectivity index (χ2n) is 6.84. The van der Waals surface area contributed by atoms with E-state index in [9.17, 15) is 9.59 Å². The lowest BCUT2D eigenvalue weighted by Gasteiger charge is -2.14. The Labute approximate surface area is 163 Å². The van der Waals surface area contributed by atoms with Crippen LogP contribution in [0, 0.1) is 0 Å². The Hall–Kier alpha value is -2.39. The molecule has 0 bridgehead atoms. The van der Waals surface area contributed by atoms with Crippen LogP contribution in [0.3, 0.4) is 0 Å². The predicted octanol–water partition coefficient (Wildman–Crippen LogP) is 0.993. The summed E-state index contributed by atoms with van der Waals surface area (Å²) in [6.45, 7) is 4.86. The largest absolute Gasteiger partial charge is 0.459 e. The van der Waals surface area contributed by atoms with E-state index in [1.807, 2.05) is 20.0 Å². The fraction of sp³-hybridized carbons (Fsp3) is 0.529. The molecule has 0 aromatic carbocycles. The summed E-state index contributed by atoms with van der Waals surface area (Å²) in [7, 11) is 1.69. The number of rotatable bonds is 6. The molecular weight excluding hydrogens is 372 g/mol. The first-order valence-electron chi connectivity index (χ1n) is 8.67. The molecule has 3 rings (SSSR count). The van der Waals surface area contributed by atoms with E-state index >= 15 is 0 Å². The van der Waals surface area contributed by atoms with Gasteiger partial charge in [-0.05, 0) is 32.4 Å². The van der Waals surface area contributed by atoms with E-state index in [1.54, 1.807) is 23.9 Å². The quantitative estimate of drug-likeness (QED) is 0.754. The zero-order valence-corrected chi connectivity index (χ0v) is 16.4. The van der Waals surface area contributed by atoms with Gasteiger partial charge < -0.3 is 20.0 Å². The van der Waals surface area contributed by atoms with Gasteiger partial charge in [0.25, 0.3) is 5.91 Å². The number of carbonyl (C=O) groups excluding carboxylic acids is 2. The highest BCUT2D eigenvalue weighted by Crippen LogP contribution is 2.19. The van der Waals surface area contributed by atoms with E-state index in [-0.39, 0.29) is 42.3 Å². The van der Waals surface area contributed by atoms with Gasteiger partial charge in [0.05, 0.1) is 31.1 Å². The van der Waals surface area contributed by atoms with Crippen molar-refractivity contribution < 1.29 is 14.0 Å². The molecule has 0 unspecified atom stereocenters. The number of hydrogen-bond acceptors (Lipinski definition) is 6. The number of carbonyl (C=O) groups is 2. The zero-order valence-electron chi connectivity index (χ0n) is 15.6. The maximum absolute atomic E-state index is 12.2. The van der Waals surface area contributed by atoms with Crippen LogP contribution in [0.1, 0.15) is 42.6 Å². The molecule has 1 aliphatic rings. The van der Waals surface area contributed by atoms with Crippen LogP contribution in [0.4, 0.5) is 0 Å². The molecule has 1 aliphatic heterocycles. The Balaban J connectivity index is 0.00000261. The lowest BCUT2D eigenvalue weighted by Crippen LogP contribution is -2.43. The first-order valence-corrected chi connectivity index (χ1v) is 8.67. The average molecular weight is 397 g/mol. The Kier molecular flexibility index (Phi) is 6.98. The summed E-state index contributed by atoms with van der Waals surface area (Å²) in [6.07, 6.45) is 3.94. The summed E-state index contributed by atoms with van der Waals surface area (Å²) in [4.78, 5) is 25.8. The van der Waals surface area contributed by atoms with Crippen LogP contribution in [0.2, 0.25) is 0 Å². The second-order valence-corrected chi connectivity index (χ2v) is 6.84. The molecule has 0 aliphatic carbocycles. The second kappa shape index (κ2) is 9.01. The van der Waals surface area contributed by atoms with Crippen LogP contribution in [0.15, 0.2) is 29.0 Å². The minimum Gasteiger partial charge on any atom is -0.459 e. The molecule has 2 N–H and O–H groups in total. The fourth-order valence-corrected chi connectivity index (χ4v) is 2.97. The van der Waals surface area contributed by atoms with Crippen molar-refractivity contribution in [3.8, 4) is 0 Å². The highest BCUT2D eigenvalue weighted by Gasteiger charge is 2.31. The summed E-state index contributed by atoms with van der Waals surface area (Å²) < 4.78 is 6.88. The van der Waals surface area contributed by atoms with E-state index in [0.717, 1.165) is 0 Å². The van der Waals surface area contributed by atoms with Crippen LogP contribution in [0.5, 0.6) is 0 Å². The van der Waals surface area contributed by atoms with Crippen LogP contribution < -0.4 is 10.6 Å². The summed E-state index contributed by atoms with van der Waals surface area (Å²) in [5.41, 5.74) is 0.683. The average Bonchev–Trinajstić information content (AvgIpc) is 3.33. The first kappa shape index (κ1) is 20.9. The van der Waals surface area contributed by atoms with Crippen molar-refractivity contribution in [1.29, 1.82) is 0 Å². The molecule has 1 saturated heterocycles. The van der Waals surface area contributed by atoms with Gasteiger partial charge in [-0.15, -0.1) is 17.5 Å².